The molecule has 15 heavy (non-hydrogen) atoms. The van der Waals surface area contributed by atoms with Gasteiger partial charge >= 0.3 is 8.56 Å². The molecule has 0 spiro atoms. The van der Waals surface area contributed by atoms with Crippen LogP contribution in [0.5, 0.6) is 0 Å². The predicted octanol–water partition coefficient (Wildman–Crippen LogP) is 3.19. The lowest BCUT2D eigenvalue weighted by molar-refractivity contribution is 0.202. The molecule has 82 valence electrons. The van der Waals surface area contributed by atoms with Gasteiger partial charge in [-0.3, -0.25) is 0 Å². The number of rotatable bonds is 5. The second-order valence-corrected chi connectivity index (χ2v) is 7.29. The first kappa shape index (κ1) is 12.2. The maximum absolute atomic E-state index is 5.78. The lowest BCUT2D eigenvalue weighted by Crippen LogP contribution is -2.32. The van der Waals surface area contributed by atoms with E-state index in [1.807, 2.05) is 37.4 Å². The zero-order valence-corrected chi connectivity index (χ0v) is 10.6. The Kier molecular flexibility index (Phi) is 4.26. The van der Waals surface area contributed by atoms with Crippen LogP contribution in [0.25, 0.3) is 6.08 Å². The fraction of sp³-hybridized carbons (Fsp3) is 0.333. The summed E-state index contributed by atoms with van der Waals surface area (Å²) in [7, 11) is -0.230. The quantitative estimate of drug-likeness (QED) is 0.712. The fourth-order valence-corrected chi connectivity index (χ4v) is 1.80. The SMILES string of the molecule is C=Cc1ccccc1CO[Si](C)(C)OC. The fourth-order valence-electron chi connectivity index (χ4n) is 1.18. The Labute approximate surface area is 92.8 Å². The molecule has 0 N–H and O–H groups in total. The zero-order chi connectivity index (χ0) is 11.3. The van der Waals surface area contributed by atoms with Crippen molar-refractivity contribution in [3.8, 4) is 0 Å². The highest BCUT2D eigenvalue weighted by atomic mass is 28.4. The summed E-state index contributed by atoms with van der Waals surface area (Å²) < 4.78 is 11.1. The van der Waals surface area contributed by atoms with Crippen LogP contribution < -0.4 is 0 Å². The average Bonchev–Trinajstić information content (AvgIpc) is 2.27. The summed E-state index contributed by atoms with van der Waals surface area (Å²) in [5, 5.41) is 0. The molecular formula is C12H18O2Si. The van der Waals surface area contributed by atoms with E-state index in [1.165, 1.54) is 0 Å². The molecule has 3 heteroatoms. The third-order valence-corrected chi connectivity index (χ3v) is 4.16. The lowest BCUT2D eigenvalue weighted by atomic mass is 10.1. The lowest BCUT2D eigenvalue weighted by Gasteiger charge is -2.20. The first-order chi connectivity index (χ1) is 7.09. The summed E-state index contributed by atoms with van der Waals surface area (Å²) in [6.45, 7) is 8.44. The highest BCUT2D eigenvalue weighted by molar-refractivity contribution is 6.64. The molecule has 0 radical (unpaired) electrons. The summed E-state index contributed by atoms with van der Waals surface area (Å²) >= 11 is 0. The van der Waals surface area contributed by atoms with E-state index in [1.54, 1.807) is 7.11 Å². The Hall–Kier alpha value is -0.903. The Morgan fingerprint density at radius 2 is 2.00 bits per heavy atom. The third-order valence-electron chi connectivity index (χ3n) is 2.34. The van der Waals surface area contributed by atoms with Crippen LogP contribution in [0.4, 0.5) is 0 Å². The van der Waals surface area contributed by atoms with Crippen molar-refractivity contribution in [2.45, 2.75) is 19.7 Å². The highest BCUT2D eigenvalue weighted by Gasteiger charge is 2.22. The molecule has 1 aromatic carbocycles. The van der Waals surface area contributed by atoms with Crippen molar-refractivity contribution in [1.29, 1.82) is 0 Å². The molecule has 0 bridgehead atoms. The van der Waals surface area contributed by atoms with E-state index in [9.17, 15) is 0 Å². The van der Waals surface area contributed by atoms with Crippen molar-refractivity contribution < 1.29 is 8.85 Å². The minimum absolute atomic E-state index is 0.593. The van der Waals surface area contributed by atoms with Gasteiger partial charge in [-0.1, -0.05) is 36.9 Å². The van der Waals surface area contributed by atoms with Crippen molar-refractivity contribution >= 4 is 14.6 Å². The topological polar surface area (TPSA) is 18.5 Å². The minimum Gasteiger partial charge on any atom is -0.398 e. The third kappa shape index (κ3) is 3.62. The molecule has 0 saturated heterocycles. The molecule has 0 unspecified atom stereocenters. The van der Waals surface area contributed by atoms with E-state index in [0.29, 0.717) is 6.61 Å². The van der Waals surface area contributed by atoms with Crippen LogP contribution in [-0.2, 0) is 15.5 Å². The first-order valence-electron chi connectivity index (χ1n) is 4.98. The zero-order valence-electron chi connectivity index (χ0n) is 9.62. The van der Waals surface area contributed by atoms with Gasteiger partial charge in [0.2, 0.25) is 0 Å². The van der Waals surface area contributed by atoms with E-state index >= 15 is 0 Å². The molecule has 0 amide bonds. The molecule has 0 saturated carbocycles. The van der Waals surface area contributed by atoms with Gasteiger partial charge in [-0.2, -0.15) is 0 Å². The monoisotopic (exact) mass is 222 g/mol. The molecule has 2 nitrogen and oxygen atoms in total. The average molecular weight is 222 g/mol. The summed E-state index contributed by atoms with van der Waals surface area (Å²) in [5.74, 6) is 0. The van der Waals surface area contributed by atoms with Gasteiger partial charge in [0.15, 0.2) is 0 Å². The van der Waals surface area contributed by atoms with Gasteiger partial charge in [0.25, 0.3) is 0 Å². The smallest absolute Gasteiger partial charge is 0.331 e. The number of benzene rings is 1. The Morgan fingerprint density at radius 1 is 1.33 bits per heavy atom. The predicted molar refractivity (Wildman–Crippen MR) is 65.8 cm³/mol. The molecule has 0 atom stereocenters. The maximum Gasteiger partial charge on any atom is 0.331 e. The van der Waals surface area contributed by atoms with Gasteiger partial charge in [-0.25, -0.2) is 0 Å². The van der Waals surface area contributed by atoms with Gasteiger partial charge in [-0.05, 0) is 24.2 Å². The molecule has 1 aromatic rings. The molecule has 0 aliphatic carbocycles. The summed E-state index contributed by atoms with van der Waals surface area (Å²) in [6, 6.07) is 8.09. The van der Waals surface area contributed by atoms with E-state index in [0.717, 1.165) is 11.1 Å². The Balaban J connectivity index is 2.69. The molecular weight excluding hydrogens is 204 g/mol. The molecule has 0 aliphatic rings. The summed E-state index contributed by atoms with van der Waals surface area (Å²) in [6.07, 6.45) is 1.85. The van der Waals surface area contributed by atoms with Crippen LogP contribution in [0.3, 0.4) is 0 Å². The van der Waals surface area contributed by atoms with Crippen LogP contribution in [0.15, 0.2) is 30.8 Å². The molecule has 0 fully saturated rings. The second-order valence-electron chi connectivity index (χ2n) is 3.80. The van der Waals surface area contributed by atoms with Gasteiger partial charge in [0, 0.05) is 7.11 Å². The van der Waals surface area contributed by atoms with Crippen LogP contribution in [0, 0.1) is 0 Å². The van der Waals surface area contributed by atoms with E-state index in [4.69, 9.17) is 8.85 Å². The molecule has 1 rings (SSSR count). The first-order valence-corrected chi connectivity index (χ1v) is 7.80. The van der Waals surface area contributed by atoms with Crippen LogP contribution >= 0.6 is 0 Å². The Bertz CT molecular complexity index is 334. The second kappa shape index (κ2) is 5.26. The van der Waals surface area contributed by atoms with Crippen molar-refractivity contribution in [3.63, 3.8) is 0 Å². The summed E-state index contributed by atoms with van der Waals surface area (Å²) in [5.41, 5.74) is 2.28. The van der Waals surface area contributed by atoms with Gasteiger partial charge in [0.05, 0.1) is 6.61 Å². The largest absolute Gasteiger partial charge is 0.398 e. The summed E-state index contributed by atoms with van der Waals surface area (Å²) in [4.78, 5) is 0. The van der Waals surface area contributed by atoms with Gasteiger partial charge in [-0.15, -0.1) is 0 Å². The van der Waals surface area contributed by atoms with Crippen molar-refractivity contribution in [3.05, 3.63) is 42.0 Å². The maximum atomic E-state index is 5.78. The highest BCUT2D eigenvalue weighted by Crippen LogP contribution is 2.14. The number of hydrogen-bond acceptors (Lipinski definition) is 2. The number of hydrogen-bond donors (Lipinski definition) is 0. The van der Waals surface area contributed by atoms with E-state index in [2.05, 4.69) is 12.6 Å². The van der Waals surface area contributed by atoms with Gasteiger partial charge < -0.3 is 8.85 Å². The van der Waals surface area contributed by atoms with E-state index in [-0.39, 0.29) is 0 Å². The van der Waals surface area contributed by atoms with Crippen LogP contribution in [0.1, 0.15) is 11.1 Å². The molecule has 0 heterocycles. The van der Waals surface area contributed by atoms with E-state index < -0.39 is 8.56 Å². The normalized spacial score (nSPS) is 11.4. The van der Waals surface area contributed by atoms with Crippen LogP contribution in [0.2, 0.25) is 13.1 Å². The van der Waals surface area contributed by atoms with Gasteiger partial charge in [0.1, 0.15) is 0 Å². The Morgan fingerprint density at radius 3 is 2.60 bits per heavy atom. The van der Waals surface area contributed by atoms with Crippen molar-refractivity contribution in [1.82, 2.24) is 0 Å². The standard InChI is InChI=1S/C12H18O2Si/c1-5-11-8-6-7-9-12(11)10-14-15(3,4)13-2/h5-9H,1,10H2,2-4H3. The van der Waals surface area contributed by atoms with Crippen LogP contribution in [-0.4, -0.2) is 15.7 Å². The minimum atomic E-state index is -1.93. The van der Waals surface area contributed by atoms with Crippen molar-refractivity contribution in [2.75, 3.05) is 7.11 Å². The molecule has 0 aliphatic heterocycles. The molecule has 0 aromatic heterocycles. The van der Waals surface area contributed by atoms with Crippen molar-refractivity contribution in [2.24, 2.45) is 0 Å².